The van der Waals surface area contributed by atoms with Crippen LogP contribution < -0.4 is 10.1 Å². The maximum absolute atomic E-state index is 12.3. The van der Waals surface area contributed by atoms with Crippen LogP contribution in [0.3, 0.4) is 0 Å². The number of nitrogens with zero attached hydrogens (tertiary/aromatic N) is 1. The predicted octanol–water partition coefficient (Wildman–Crippen LogP) is 3.49. The SMILES string of the molecule is CNC(Cc1ccc(C)cn1)c1cccc(OC(F)F)c1. The minimum atomic E-state index is -2.81. The van der Waals surface area contributed by atoms with Gasteiger partial charge in [0, 0.05) is 24.4 Å². The summed E-state index contributed by atoms with van der Waals surface area (Å²) in [6, 6.07) is 10.7. The number of aromatic nitrogens is 1. The van der Waals surface area contributed by atoms with Gasteiger partial charge in [-0.1, -0.05) is 18.2 Å². The van der Waals surface area contributed by atoms with Crippen molar-refractivity contribution in [2.75, 3.05) is 7.05 Å². The summed E-state index contributed by atoms with van der Waals surface area (Å²) >= 11 is 0. The molecule has 0 bridgehead atoms. The maximum Gasteiger partial charge on any atom is 0.387 e. The zero-order valence-electron chi connectivity index (χ0n) is 12.0. The van der Waals surface area contributed by atoms with E-state index in [0.29, 0.717) is 6.42 Å². The predicted molar refractivity (Wildman–Crippen MR) is 77.6 cm³/mol. The second-order valence-electron chi connectivity index (χ2n) is 4.82. The molecule has 0 radical (unpaired) electrons. The van der Waals surface area contributed by atoms with E-state index in [1.165, 1.54) is 6.07 Å². The van der Waals surface area contributed by atoms with Crippen molar-refractivity contribution in [1.29, 1.82) is 0 Å². The van der Waals surface area contributed by atoms with E-state index in [0.717, 1.165) is 16.8 Å². The lowest BCUT2D eigenvalue weighted by atomic mass is 10.0. The highest BCUT2D eigenvalue weighted by molar-refractivity contribution is 5.31. The van der Waals surface area contributed by atoms with Crippen molar-refractivity contribution in [3.8, 4) is 5.75 Å². The van der Waals surface area contributed by atoms with E-state index in [1.54, 1.807) is 12.1 Å². The van der Waals surface area contributed by atoms with Gasteiger partial charge in [0.15, 0.2) is 0 Å². The smallest absolute Gasteiger partial charge is 0.387 e. The molecule has 0 spiro atoms. The number of hydrogen-bond donors (Lipinski definition) is 1. The molecule has 0 saturated heterocycles. The summed E-state index contributed by atoms with van der Waals surface area (Å²) in [7, 11) is 1.83. The molecular weight excluding hydrogens is 274 g/mol. The van der Waals surface area contributed by atoms with Crippen molar-refractivity contribution in [3.05, 3.63) is 59.4 Å². The van der Waals surface area contributed by atoms with Gasteiger partial charge in [0.05, 0.1) is 0 Å². The highest BCUT2D eigenvalue weighted by atomic mass is 19.3. The van der Waals surface area contributed by atoms with Crippen LogP contribution in [-0.4, -0.2) is 18.6 Å². The van der Waals surface area contributed by atoms with E-state index in [2.05, 4.69) is 15.0 Å². The second kappa shape index (κ2) is 7.13. The van der Waals surface area contributed by atoms with Gasteiger partial charge in [0.2, 0.25) is 0 Å². The largest absolute Gasteiger partial charge is 0.435 e. The summed E-state index contributed by atoms with van der Waals surface area (Å²) < 4.78 is 29.0. The Morgan fingerprint density at radius 1 is 1.24 bits per heavy atom. The van der Waals surface area contributed by atoms with Gasteiger partial charge < -0.3 is 10.1 Å². The maximum atomic E-state index is 12.3. The molecule has 3 nitrogen and oxygen atoms in total. The molecule has 0 aliphatic carbocycles. The Hall–Kier alpha value is -2.01. The Balaban J connectivity index is 2.15. The second-order valence-corrected chi connectivity index (χ2v) is 4.82. The first-order valence-corrected chi connectivity index (χ1v) is 6.72. The Labute approximate surface area is 123 Å². The molecule has 2 aromatic rings. The van der Waals surface area contributed by atoms with Crippen molar-refractivity contribution < 1.29 is 13.5 Å². The molecule has 5 heteroatoms. The van der Waals surface area contributed by atoms with Crippen molar-refractivity contribution in [3.63, 3.8) is 0 Å². The summed E-state index contributed by atoms with van der Waals surface area (Å²) in [5.41, 5.74) is 2.94. The molecule has 1 N–H and O–H groups in total. The first kappa shape index (κ1) is 15.4. The number of nitrogens with one attached hydrogen (secondary N) is 1. The van der Waals surface area contributed by atoms with Crippen LogP contribution in [0.1, 0.15) is 22.9 Å². The summed E-state index contributed by atoms with van der Waals surface area (Å²) in [4.78, 5) is 4.37. The normalized spacial score (nSPS) is 12.4. The van der Waals surface area contributed by atoms with Gasteiger partial charge in [-0.25, -0.2) is 0 Å². The van der Waals surface area contributed by atoms with Crippen molar-refractivity contribution >= 4 is 0 Å². The van der Waals surface area contributed by atoms with Crippen LogP contribution in [0.2, 0.25) is 0 Å². The van der Waals surface area contributed by atoms with Gasteiger partial charge in [0.1, 0.15) is 5.75 Å². The van der Waals surface area contributed by atoms with Crippen LogP contribution in [0, 0.1) is 6.92 Å². The third-order valence-electron chi connectivity index (χ3n) is 3.22. The molecule has 1 unspecified atom stereocenters. The van der Waals surface area contributed by atoms with Gasteiger partial charge in [-0.2, -0.15) is 8.78 Å². The molecule has 1 aromatic carbocycles. The number of alkyl halides is 2. The first-order chi connectivity index (χ1) is 10.1. The van der Waals surface area contributed by atoms with E-state index >= 15 is 0 Å². The average molecular weight is 292 g/mol. The van der Waals surface area contributed by atoms with Crippen LogP contribution in [-0.2, 0) is 6.42 Å². The lowest BCUT2D eigenvalue weighted by Gasteiger charge is -2.17. The number of ether oxygens (including phenoxy) is 1. The van der Waals surface area contributed by atoms with Crippen molar-refractivity contribution in [2.24, 2.45) is 0 Å². The Morgan fingerprint density at radius 3 is 2.67 bits per heavy atom. The molecule has 0 aliphatic rings. The monoisotopic (exact) mass is 292 g/mol. The van der Waals surface area contributed by atoms with Crippen LogP contribution in [0.5, 0.6) is 5.75 Å². The lowest BCUT2D eigenvalue weighted by molar-refractivity contribution is -0.0499. The third kappa shape index (κ3) is 4.49. The van der Waals surface area contributed by atoms with Crippen molar-refractivity contribution in [2.45, 2.75) is 26.0 Å². The van der Waals surface area contributed by atoms with Gasteiger partial charge in [0.25, 0.3) is 0 Å². The number of benzene rings is 1. The van der Waals surface area contributed by atoms with Crippen LogP contribution in [0.25, 0.3) is 0 Å². The number of halogens is 2. The van der Waals surface area contributed by atoms with Gasteiger partial charge in [-0.3, -0.25) is 4.98 Å². The lowest BCUT2D eigenvalue weighted by Crippen LogP contribution is -2.19. The van der Waals surface area contributed by atoms with Gasteiger partial charge >= 0.3 is 6.61 Å². The third-order valence-corrected chi connectivity index (χ3v) is 3.22. The number of rotatable bonds is 6. The van der Waals surface area contributed by atoms with E-state index in [1.807, 2.05) is 38.4 Å². The highest BCUT2D eigenvalue weighted by Crippen LogP contribution is 2.23. The fourth-order valence-electron chi connectivity index (χ4n) is 2.12. The molecule has 1 atom stereocenters. The van der Waals surface area contributed by atoms with Gasteiger partial charge in [-0.05, 0) is 43.3 Å². The quantitative estimate of drug-likeness (QED) is 0.885. The number of likely N-dealkylation sites (N-methyl/N-ethyl adjacent to an activating group) is 1. The van der Waals surface area contributed by atoms with Gasteiger partial charge in [-0.15, -0.1) is 0 Å². The summed E-state index contributed by atoms with van der Waals surface area (Å²) in [5, 5.41) is 3.18. The van der Waals surface area contributed by atoms with Crippen LogP contribution >= 0.6 is 0 Å². The fourth-order valence-corrected chi connectivity index (χ4v) is 2.12. The standard InChI is InChI=1S/C16H18F2N2O/c1-11-6-7-13(20-10-11)9-15(19-2)12-4-3-5-14(8-12)21-16(17)18/h3-8,10,15-16,19H,9H2,1-2H3. The number of hydrogen-bond acceptors (Lipinski definition) is 3. The molecule has 0 aliphatic heterocycles. The van der Waals surface area contributed by atoms with E-state index in [9.17, 15) is 8.78 Å². The van der Waals surface area contributed by atoms with Crippen LogP contribution in [0.4, 0.5) is 8.78 Å². The highest BCUT2D eigenvalue weighted by Gasteiger charge is 2.13. The molecule has 0 amide bonds. The minimum Gasteiger partial charge on any atom is -0.435 e. The topological polar surface area (TPSA) is 34.2 Å². The molecule has 1 aromatic heterocycles. The molecular formula is C16H18F2N2O. The molecule has 2 rings (SSSR count). The van der Waals surface area contributed by atoms with E-state index in [4.69, 9.17) is 0 Å². The molecule has 21 heavy (non-hydrogen) atoms. The zero-order chi connectivity index (χ0) is 15.2. The van der Waals surface area contributed by atoms with Crippen molar-refractivity contribution in [1.82, 2.24) is 10.3 Å². The molecule has 0 saturated carbocycles. The summed E-state index contributed by atoms with van der Waals surface area (Å²) in [5.74, 6) is 0.166. The Kier molecular flexibility index (Phi) is 5.22. The zero-order valence-corrected chi connectivity index (χ0v) is 12.0. The Morgan fingerprint density at radius 2 is 2.05 bits per heavy atom. The minimum absolute atomic E-state index is 0.0126. The average Bonchev–Trinajstić information content (AvgIpc) is 2.46. The fraction of sp³-hybridized carbons (Fsp3) is 0.312. The van der Waals surface area contributed by atoms with Crippen LogP contribution in [0.15, 0.2) is 42.6 Å². The summed E-state index contributed by atoms with van der Waals surface area (Å²) in [6.45, 7) is -0.829. The number of aryl methyl sites for hydroxylation is 1. The van der Waals surface area contributed by atoms with E-state index in [-0.39, 0.29) is 11.8 Å². The molecule has 112 valence electrons. The molecule has 0 fully saturated rings. The van der Waals surface area contributed by atoms with E-state index < -0.39 is 6.61 Å². The Bertz CT molecular complexity index is 573. The first-order valence-electron chi connectivity index (χ1n) is 6.72. The molecule has 1 heterocycles. The summed E-state index contributed by atoms with van der Waals surface area (Å²) in [6.07, 6.45) is 2.49. The number of pyridine rings is 1.